The monoisotopic (exact) mass is 247 g/mol. The lowest BCUT2D eigenvalue weighted by Crippen LogP contribution is -2.57. The Labute approximate surface area is 108 Å². The summed E-state index contributed by atoms with van der Waals surface area (Å²) in [5.74, 6) is 1.93. The van der Waals surface area contributed by atoms with Gasteiger partial charge in [-0.15, -0.1) is 0 Å². The van der Waals surface area contributed by atoms with Crippen molar-refractivity contribution in [3.05, 3.63) is 18.1 Å². The van der Waals surface area contributed by atoms with E-state index in [-0.39, 0.29) is 0 Å². The topological polar surface area (TPSA) is 44.3 Å². The molecule has 1 N–H and O–H groups in total. The summed E-state index contributed by atoms with van der Waals surface area (Å²) in [6.07, 6.45) is 2.99. The molecule has 4 heterocycles. The maximum atomic E-state index is 4.66. The molecule has 1 aromatic heterocycles. The zero-order valence-electron chi connectivity index (χ0n) is 11.0. The molecule has 3 saturated heterocycles. The van der Waals surface area contributed by atoms with Gasteiger partial charge >= 0.3 is 0 Å². The van der Waals surface area contributed by atoms with Crippen molar-refractivity contribution in [2.75, 3.05) is 44.6 Å². The SMILES string of the molecule is CCCNc1ccnc(C2CN3CCN2CC3)n1. The Hall–Kier alpha value is -1.20. The number of anilines is 1. The van der Waals surface area contributed by atoms with E-state index < -0.39 is 0 Å². The number of hydrogen-bond acceptors (Lipinski definition) is 5. The summed E-state index contributed by atoms with van der Waals surface area (Å²) in [6.45, 7) is 8.91. The summed E-state index contributed by atoms with van der Waals surface area (Å²) in [5, 5.41) is 3.33. The molecule has 2 bridgehead atoms. The van der Waals surface area contributed by atoms with Crippen LogP contribution in [0.2, 0.25) is 0 Å². The van der Waals surface area contributed by atoms with E-state index in [0.29, 0.717) is 6.04 Å². The van der Waals surface area contributed by atoms with E-state index in [1.807, 2.05) is 12.3 Å². The van der Waals surface area contributed by atoms with Gasteiger partial charge in [0.1, 0.15) is 11.6 Å². The molecule has 3 aliphatic rings. The molecule has 0 spiro atoms. The van der Waals surface area contributed by atoms with Crippen molar-refractivity contribution in [2.45, 2.75) is 19.4 Å². The third-order valence-corrected chi connectivity index (χ3v) is 3.81. The highest BCUT2D eigenvalue weighted by molar-refractivity contribution is 5.33. The largest absolute Gasteiger partial charge is 0.370 e. The first-order chi connectivity index (χ1) is 8.86. The van der Waals surface area contributed by atoms with Crippen LogP contribution in [-0.2, 0) is 0 Å². The van der Waals surface area contributed by atoms with Gasteiger partial charge in [-0.1, -0.05) is 6.92 Å². The quantitative estimate of drug-likeness (QED) is 0.859. The second kappa shape index (κ2) is 5.20. The van der Waals surface area contributed by atoms with Crippen LogP contribution in [0.5, 0.6) is 0 Å². The molecule has 0 aromatic carbocycles. The van der Waals surface area contributed by atoms with Crippen LogP contribution in [0.4, 0.5) is 5.82 Å². The van der Waals surface area contributed by atoms with Crippen LogP contribution < -0.4 is 5.32 Å². The van der Waals surface area contributed by atoms with Crippen molar-refractivity contribution >= 4 is 5.82 Å². The van der Waals surface area contributed by atoms with Gasteiger partial charge < -0.3 is 5.32 Å². The molecule has 0 amide bonds. The summed E-state index contributed by atoms with van der Waals surface area (Å²) in [6, 6.07) is 2.34. The molecule has 5 nitrogen and oxygen atoms in total. The van der Waals surface area contributed by atoms with Gasteiger partial charge in [0.2, 0.25) is 0 Å². The molecule has 1 aromatic rings. The Balaban J connectivity index is 1.75. The Kier molecular flexibility index (Phi) is 3.43. The van der Waals surface area contributed by atoms with E-state index >= 15 is 0 Å². The number of piperazine rings is 3. The van der Waals surface area contributed by atoms with Gasteiger partial charge in [0.05, 0.1) is 6.04 Å². The predicted molar refractivity (Wildman–Crippen MR) is 71.6 cm³/mol. The number of fused-ring (bicyclic) bond motifs is 3. The zero-order valence-corrected chi connectivity index (χ0v) is 11.0. The summed E-state index contributed by atoms with van der Waals surface area (Å²) in [4.78, 5) is 14.2. The molecule has 18 heavy (non-hydrogen) atoms. The van der Waals surface area contributed by atoms with Gasteiger partial charge in [-0.3, -0.25) is 9.80 Å². The fraction of sp³-hybridized carbons (Fsp3) is 0.692. The van der Waals surface area contributed by atoms with Crippen LogP contribution in [0.15, 0.2) is 12.3 Å². The molecule has 0 saturated carbocycles. The third-order valence-electron chi connectivity index (χ3n) is 3.81. The second-order valence-corrected chi connectivity index (χ2v) is 5.08. The van der Waals surface area contributed by atoms with Gasteiger partial charge in [0.15, 0.2) is 0 Å². The number of rotatable bonds is 4. The highest BCUT2D eigenvalue weighted by Crippen LogP contribution is 2.26. The Morgan fingerprint density at radius 2 is 2.17 bits per heavy atom. The minimum atomic E-state index is 0.385. The smallest absolute Gasteiger partial charge is 0.149 e. The summed E-state index contributed by atoms with van der Waals surface area (Å²) >= 11 is 0. The number of aromatic nitrogens is 2. The first-order valence-corrected chi connectivity index (χ1v) is 6.90. The fourth-order valence-corrected chi connectivity index (χ4v) is 2.75. The predicted octanol–water partition coefficient (Wildman–Crippen LogP) is 0.971. The van der Waals surface area contributed by atoms with E-state index in [9.17, 15) is 0 Å². The Bertz CT molecular complexity index is 400. The zero-order chi connectivity index (χ0) is 12.4. The van der Waals surface area contributed by atoms with Crippen molar-refractivity contribution in [3.63, 3.8) is 0 Å². The summed E-state index contributed by atoms with van der Waals surface area (Å²) in [5.41, 5.74) is 0. The lowest BCUT2D eigenvalue weighted by atomic mass is 10.1. The minimum Gasteiger partial charge on any atom is -0.370 e. The minimum absolute atomic E-state index is 0.385. The van der Waals surface area contributed by atoms with Crippen LogP contribution in [0, 0.1) is 0 Å². The fourth-order valence-electron chi connectivity index (χ4n) is 2.75. The lowest BCUT2D eigenvalue weighted by molar-refractivity contribution is 0.00870. The number of hydrogen-bond donors (Lipinski definition) is 1. The molecule has 98 valence electrons. The average Bonchev–Trinajstić information content (AvgIpc) is 2.46. The van der Waals surface area contributed by atoms with Crippen LogP contribution in [0.1, 0.15) is 25.2 Å². The maximum absolute atomic E-state index is 4.66. The van der Waals surface area contributed by atoms with Crippen molar-refractivity contribution in [3.8, 4) is 0 Å². The van der Waals surface area contributed by atoms with E-state index in [1.54, 1.807) is 0 Å². The Morgan fingerprint density at radius 3 is 2.83 bits per heavy atom. The van der Waals surface area contributed by atoms with Gasteiger partial charge in [-0.05, 0) is 12.5 Å². The first-order valence-electron chi connectivity index (χ1n) is 6.90. The van der Waals surface area contributed by atoms with Crippen molar-refractivity contribution in [1.29, 1.82) is 0 Å². The summed E-state index contributed by atoms with van der Waals surface area (Å²) in [7, 11) is 0. The van der Waals surface area contributed by atoms with Crippen LogP contribution >= 0.6 is 0 Å². The molecular weight excluding hydrogens is 226 g/mol. The van der Waals surface area contributed by atoms with Crippen molar-refractivity contribution < 1.29 is 0 Å². The first kappa shape index (κ1) is 11.9. The van der Waals surface area contributed by atoms with E-state index in [1.165, 1.54) is 13.1 Å². The van der Waals surface area contributed by atoms with Gasteiger partial charge in [-0.2, -0.15) is 0 Å². The molecule has 4 rings (SSSR count). The standard InChI is InChI=1S/C13H21N5/c1-2-4-14-12-3-5-15-13(16-12)11-10-17-6-8-18(11)9-7-17/h3,5,11H,2,4,6-10H2,1H3,(H,14,15,16). The molecule has 3 fully saturated rings. The number of nitrogens with one attached hydrogen (secondary N) is 1. The second-order valence-electron chi connectivity index (χ2n) is 5.08. The van der Waals surface area contributed by atoms with Crippen molar-refractivity contribution in [2.24, 2.45) is 0 Å². The molecule has 5 heteroatoms. The average molecular weight is 247 g/mol. The van der Waals surface area contributed by atoms with E-state index in [0.717, 1.165) is 44.2 Å². The molecule has 0 aliphatic carbocycles. The van der Waals surface area contributed by atoms with E-state index in [4.69, 9.17) is 0 Å². The molecule has 0 radical (unpaired) electrons. The third kappa shape index (κ3) is 2.33. The van der Waals surface area contributed by atoms with Gasteiger partial charge in [0.25, 0.3) is 0 Å². The maximum Gasteiger partial charge on any atom is 0.149 e. The lowest BCUT2D eigenvalue weighted by Gasteiger charge is -2.46. The molecule has 1 unspecified atom stereocenters. The van der Waals surface area contributed by atoms with Crippen LogP contribution in [0.3, 0.4) is 0 Å². The molecule has 1 atom stereocenters. The van der Waals surface area contributed by atoms with Crippen molar-refractivity contribution in [1.82, 2.24) is 19.8 Å². The highest BCUT2D eigenvalue weighted by atomic mass is 15.4. The normalized spacial score (nSPS) is 30.4. The van der Waals surface area contributed by atoms with Gasteiger partial charge in [-0.25, -0.2) is 9.97 Å². The summed E-state index contributed by atoms with van der Waals surface area (Å²) < 4.78 is 0. The van der Waals surface area contributed by atoms with Crippen LogP contribution in [0.25, 0.3) is 0 Å². The number of nitrogens with zero attached hydrogens (tertiary/aromatic N) is 4. The van der Waals surface area contributed by atoms with Crippen LogP contribution in [-0.4, -0.2) is 59.0 Å². The highest BCUT2D eigenvalue weighted by Gasteiger charge is 2.34. The molecular formula is C13H21N5. The van der Waals surface area contributed by atoms with Gasteiger partial charge in [0, 0.05) is 45.5 Å². The Morgan fingerprint density at radius 1 is 1.33 bits per heavy atom. The van der Waals surface area contributed by atoms with E-state index in [2.05, 4.69) is 32.0 Å². The molecule has 3 aliphatic heterocycles.